The fraction of sp³-hybridized carbons (Fsp3) is 0.500. The second kappa shape index (κ2) is 11.7. The Bertz CT molecular complexity index is 904. The van der Waals surface area contributed by atoms with Crippen molar-refractivity contribution in [2.75, 3.05) is 41.5 Å². The van der Waals surface area contributed by atoms with Crippen LogP contribution < -0.4 is 14.2 Å². The molecule has 0 aliphatic carbocycles. The van der Waals surface area contributed by atoms with E-state index in [-0.39, 0.29) is 17.5 Å². The zero-order chi connectivity index (χ0) is 23.7. The summed E-state index contributed by atoms with van der Waals surface area (Å²) >= 11 is 0. The van der Waals surface area contributed by atoms with Crippen LogP contribution in [0, 0.1) is 23.1 Å². The number of rotatable bonds is 12. The fourth-order valence-electron chi connectivity index (χ4n) is 4.01. The minimum atomic E-state index is -0.637. The first-order valence-electron chi connectivity index (χ1n) is 10.9. The van der Waals surface area contributed by atoms with Gasteiger partial charge < -0.3 is 19.1 Å². The minimum absolute atomic E-state index is 0.122. The molecule has 0 saturated heterocycles. The largest absolute Gasteiger partial charge is 0.497 e. The average molecular weight is 443 g/mol. The summed E-state index contributed by atoms with van der Waals surface area (Å²) in [5.74, 6) is 1.42. The van der Waals surface area contributed by atoms with Gasteiger partial charge in [0.1, 0.15) is 11.5 Å². The monoisotopic (exact) mass is 442 g/mol. The van der Waals surface area contributed by atoms with Gasteiger partial charge >= 0.3 is 0 Å². The summed E-state index contributed by atoms with van der Waals surface area (Å²) in [5, 5.41) is 10.2. The van der Waals surface area contributed by atoms with Gasteiger partial charge in [-0.05, 0) is 74.2 Å². The molecular weight excluding hydrogens is 407 g/mol. The van der Waals surface area contributed by atoms with E-state index < -0.39 is 5.41 Å². The molecule has 0 aliphatic heterocycles. The van der Waals surface area contributed by atoms with Crippen molar-refractivity contribution < 1.29 is 18.6 Å². The summed E-state index contributed by atoms with van der Waals surface area (Å²) in [6.07, 6.45) is 2.33. The minimum Gasteiger partial charge on any atom is -0.497 e. The van der Waals surface area contributed by atoms with Gasteiger partial charge in [0, 0.05) is 12.6 Å². The number of benzene rings is 2. The lowest BCUT2D eigenvalue weighted by molar-refractivity contribution is 0.292. The van der Waals surface area contributed by atoms with E-state index in [1.54, 1.807) is 20.3 Å². The van der Waals surface area contributed by atoms with Crippen LogP contribution in [0.1, 0.15) is 37.8 Å². The van der Waals surface area contributed by atoms with E-state index in [9.17, 15) is 9.65 Å². The molecule has 2 aromatic rings. The molecule has 5 nitrogen and oxygen atoms in total. The molecule has 0 N–H and O–H groups in total. The topological polar surface area (TPSA) is 54.7 Å². The van der Waals surface area contributed by atoms with E-state index >= 15 is 0 Å². The first kappa shape index (κ1) is 25.5. The van der Waals surface area contributed by atoms with Crippen molar-refractivity contribution >= 4 is 0 Å². The first-order valence-corrected chi connectivity index (χ1v) is 10.9. The highest BCUT2D eigenvalue weighted by Crippen LogP contribution is 2.40. The third kappa shape index (κ3) is 6.14. The van der Waals surface area contributed by atoms with Crippen LogP contribution >= 0.6 is 0 Å². The summed E-state index contributed by atoms with van der Waals surface area (Å²) in [7, 11) is 6.75. The van der Waals surface area contributed by atoms with Crippen molar-refractivity contribution in [3.05, 3.63) is 53.3 Å². The molecular formula is C26H35FN2O3. The quantitative estimate of drug-likeness (QED) is 0.451. The van der Waals surface area contributed by atoms with E-state index in [2.05, 4.69) is 31.9 Å². The lowest BCUT2D eigenvalue weighted by Gasteiger charge is -2.32. The van der Waals surface area contributed by atoms with Crippen LogP contribution in [-0.2, 0) is 11.8 Å². The molecule has 0 aliphatic rings. The predicted octanol–water partition coefficient (Wildman–Crippen LogP) is 5.22. The van der Waals surface area contributed by atoms with Gasteiger partial charge in [-0.15, -0.1) is 0 Å². The number of nitrogens with zero attached hydrogens (tertiary/aromatic N) is 2. The molecule has 1 unspecified atom stereocenters. The van der Waals surface area contributed by atoms with Crippen LogP contribution in [0.2, 0.25) is 0 Å². The van der Waals surface area contributed by atoms with Crippen molar-refractivity contribution in [1.82, 2.24) is 4.90 Å². The summed E-state index contributed by atoms with van der Waals surface area (Å²) in [6, 6.07) is 13.4. The van der Waals surface area contributed by atoms with Crippen LogP contribution in [0.3, 0.4) is 0 Å². The number of likely N-dealkylation sites (N-methyl/N-ethyl adjacent to an activating group) is 1. The molecule has 1 atom stereocenters. The molecule has 0 radical (unpaired) electrons. The predicted molar refractivity (Wildman–Crippen MR) is 125 cm³/mol. The molecule has 0 spiro atoms. The van der Waals surface area contributed by atoms with E-state index in [0.29, 0.717) is 11.5 Å². The maximum absolute atomic E-state index is 13.9. The number of nitriles is 1. The van der Waals surface area contributed by atoms with E-state index in [0.717, 1.165) is 43.5 Å². The van der Waals surface area contributed by atoms with Crippen molar-refractivity contribution in [2.24, 2.45) is 5.92 Å². The Labute approximate surface area is 191 Å². The molecule has 0 saturated carbocycles. The highest BCUT2D eigenvalue weighted by molar-refractivity contribution is 5.45. The van der Waals surface area contributed by atoms with Crippen molar-refractivity contribution in [1.29, 1.82) is 5.26 Å². The SMILES string of the molecule is COc1cc(OC)cc(C(C#N)(CCCN(C)CCc2ccc(OC)c(F)c2)C(C)C)c1. The highest BCUT2D eigenvalue weighted by atomic mass is 19.1. The maximum atomic E-state index is 13.9. The zero-order valence-corrected chi connectivity index (χ0v) is 20.1. The second-order valence-corrected chi connectivity index (χ2v) is 8.46. The van der Waals surface area contributed by atoms with Crippen LogP contribution in [-0.4, -0.2) is 46.4 Å². The number of methoxy groups -OCH3 is 3. The van der Waals surface area contributed by atoms with Gasteiger partial charge in [-0.3, -0.25) is 0 Å². The Balaban J connectivity index is 2.04. The molecule has 174 valence electrons. The Morgan fingerprint density at radius 2 is 1.66 bits per heavy atom. The highest BCUT2D eigenvalue weighted by Gasteiger charge is 2.36. The third-order valence-electron chi connectivity index (χ3n) is 6.16. The third-order valence-corrected chi connectivity index (χ3v) is 6.16. The smallest absolute Gasteiger partial charge is 0.165 e. The molecule has 0 bridgehead atoms. The van der Waals surface area contributed by atoms with E-state index in [4.69, 9.17) is 14.2 Å². The van der Waals surface area contributed by atoms with Gasteiger partial charge in [0.2, 0.25) is 0 Å². The van der Waals surface area contributed by atoms with Gasteiger partial charge in [-0.2, -0.15) is 5.26 Å². The average Bonchev–Trinajstić information content (AvgIpc) is 2.80. The molecule has 6 heteroatoms. The lowest BCUT2D eigenvalue weighted by atomic mass is 9.69. The standard InChI is InChI=1S/C26H35FN2O3/c1-19(2)26(18-28,21-15-22(30-4)17-23(16-21)31-5)11-7-12-29(3)13-10-20-8-9-25(32-6)24(27)14-20/h8-9,14-17,19H,7,10-13H2,1-6H3. The van der Waals surface area contributed by atoms with Crippen LogP contribution in [0.5, 0.6) is 17.2 Å². The van der Waals surface area contributed by atoms with E-state index in [1.165, 1.54) is 13.2 Å². The zero-order valence-electron chi connectivity index (χ0n) is 20.1. The van der Waals surface area contributed by atoms with Crippen molar-refractivity contribution in [2.45, 2.75) is 38.5 Å². The van der Waals surface area contributed by atoms with Gasteiger partial charge in [0.15, 0.2) is 11.6 Å². The molecule has 0 aromatic heterocycles. The molecule has 32 heavy (non-hydrogen) atoms. The van der Waals surface area contributed by atoms with Crippen LogP contribution in [0.15, 0.2) is 36.4 Å². The van der Waals surface area contributed by atoms with Crippen LogP contribution in [0.4, 0.5) is 4.39 Å². The molecule has 2 rings (SSSR count). The van der Waals surface area contributed by atoms with E-state index in [1.807, 2.05) is 24.3 Å². The number of halogens is 1. The van der Waals surface area contributed by atoms with Crippen molar-refractivity contribution in [3.8, 4) is 23.3 Å². The number of ether oxygens (including phenoxy) is 3. The second-order valence-electron chi connectivity index (χ2n) is 8.46. The van der Waals surface area contributed by atoms with Gasteiger partial charge in [0.25, 0.3) is 0 Å². The summed E-state index contributed by atoms with van der Waals surface area (Å²) in [6.45, 7) is 5.81. The Morgan fingerprint density at radius 3 is 2.16 bits per heavy atom. The normalized spacial score (nSPS) is 13.0. The van der Waals surface area contributed by atoms with Gasteiger partial charge in [0.05, 0.1) is 32.8 Å². The Hall–Kier alpha value is -2.78. The Kier molecular flexibility index (Phi) is 9.34. The van der Waals surface area contributed by atoms with Crippen LogP contribution in [0.25, 0.3) is 0 Å². The first-order chi connectivity index (χ1) is 15.3. The fourth-order valence-corrected chi connectivity index (χ4v) is 4.01. The number of hydrogen-bond acceptors (Lipinski definition) is 5. The molecule has 0 heterocycles. The Morgan fingerprint density at radius 1 is 1.00 bits per heavy atom. The van der Waals surface area contributed by atoms with Gasteiger partial charge in [-0.1, -0.05) is 19.9 Å². The molecule has 0 amide bonds. The summed E-state index contributed by atoms with van der Waals surface area (Å²) in [5.41, 5.74) is 1.22. The van der Waals surface area contributed by atoms with Gasteiger partial charge in [-0.25, -0.2) is 4.39 Å². The number of hydrogen-bond donors (Lipinski definition) is 0. The summed E-state index contributed by atoms with van der Waals surface area (Å²) in [4.78, 5) is 2.22. The summed E-state index contributed by atoms with van der Waals surface area (Å²) < 4.78 is 29.7. The molecule has 2 aromatic carbocycles. The maximum Gasteiger partial charge on any atom is 0.165 e. The molecule has 0 fully saturated rings. The van der Waals surface area contributed by atoms with Crippen molar-refractivity contribution in [3.63, 3.8) is 0 Å². The lowest BCUT2D eigenvalue weighted by Crippen LogP contribution is -2.32.